The summed E-state index contributed by atoms with van der Waals surface area (Å²) in [6.45, 7) is 3.10. The van der Waals surface area contributed by atoms with Crippen molar-refractivity contribution in [3.8, 4) is 5.75 Å². The number of hydrogen-bond donors (Lipinski definition) is 3. The lowest BCUT2D eigenvalue weighted by Crippen LogP contribution is -2.39. The van der Waals surface area contributed by atoms with Gasteiger partial charge < -0.3 is 25.2 Å². The third-order valence-corrected chi connectivity index (χ3v) is 6.10. The quantitative estimate of drug-likeness (QED) is 0.612. The summed E-state index contributed by atoms with van der Waals surface area (Å²) in [5.74, 6) is 0.150. The van der Waals surface area contributed by atoms with Gasteiger partial charge in [0, 0.05) is 36.7 Å². The van der Waals surface area contributed by atoms with Gasteiger partial charge in [-0.15, -0.1) is 0 Å². The monoisotopic (exact) mass is 434 g/mol. The number of aliphatic hydroxyl groups excluding tert-OH is 1. The van der Waals surface area contributed by atoms with Gasteiger partial charge in [-0.2, -0.15) is 0 Å². The van der Waals surface area contributed by atoms with E-state index in [1.165, 1.54) is 11.0 Å². The fraction of sp³-hybridized carbons (Fsp3) is 0.565. The van der Waals surface area contributed by atoms with E-state index in [2.05, 4.69) is 5.32 Å². The van der Waals surface area contributed by atoms with Crippen LogP contribution in [0.3, 0.4) is 0 Å². The summed E-state index contributed by atoms with van der Waals surface area (Å²) < 4.78 is 20.5. The Morgan fingerprint density at radius 3 is 2.61 bits per heavy atom. The fourth-order valence-electron chi connectivity index (χ4n) is 4.07. The Labute approximate surface area is 181 Å². The van der Waals surface area contributed by atoms with Crippen LogP contribution in [0.25, 0.3) is 5.57 Å². The minimum absolute atomic E-state index is 0.0738. The number of carbonyl (C=O) groups excluding carboxylic acids is 1. The molecule has 1 saturated heterocycles. The van der Waals surface area contributed by atoms with Crippen LogP contribution in [0, 0.1) is 17.7 Å². The Bertz CT molecular complexity index is 820. The Morgan fingerprint density at radius 1 is 1.29 bits per heavy atom. The molecule has 0 spiro atoms. The SMILES string of the molecule is C[C@@H](CO)NC(=O)C1CC=C(c2ccc(OCC3CCN(C(=O)O)CC3)cc2F)CC1. The molecule has 0 saturated carbocycles. The van der Waals surface area contributed by atoms with Crippen molar-refractivity contribution >= 4 is 17.6 Å². The number of ether oxygens (including phenoxy) is 1. The van der Waals surface area contributed by atoms with Gasteiger partial charge in [0.2, 0.25) is 5.91 Å². The van der Waals surface area contributed by atoms with Crippen LogP contribution in [0.2, 0.25) is 0 Å². The number of halogens is 1. The number of piperidine rings is 1. The highest BCUT2D eigenvalue weighted by atomic mass is 19.1. The van der Waals surface area contributed by atoms with Gasteiger partial charge in [0.05, 0.1) is 13.2 Å². The molecule has 2 atom stereocenters. The first-order valence-electron chi connectivity index (χ1n) is 10.9. The van der Waals surface area contributed by atoms with E-state index in [4.69, 9.17) is 14.9 Å². The number of likely N-dealkylation sites (tertiary alicyclic amines) is 1. The van der Waals surface area contributed by atoms with E-state index in [0.29, 0.717) is 50.3 Å². The highest BCUT2D eigenvalue weighted by Gasteiger charge is 2.25. The summed E-state index contributed by atoms with van der Waals surface area (Å²) in [5, 5.41) is 20.9. The van der Waals surface area contributed by atoms with Gasteiger partial charge in [0.15, 0.2) is 0 Å². The molecule has 2 amide bonds. The molecule has 1 fully saturated rings. The number of rotatable bonds is 7. The number of carbonyl (C=O) groups is 2. The third kappa shape index (κ3) is 6.19. The maximum atomic E-state index is 14.7. The van der Waals surface area contributed by atoms with Crippen LogP contribution in [-0.2, 0) is 4.79 Å². The molecule has 0 bridgehead atoms. The highest BCUT2D eigenvalue weighted by molar-refractivity contribution is 5.81. The molecule has 0 aromatic heterocycles. The molecule has 1 aromatic carbocycles. The van der Waals surface area contributed by atoms with Gasteiger partial charge >= 0.3 is 6.09 Å². The van der Waals surface area contributed by atoms with E-state index >= 15 is 0 Å². The zero-order valence-corrected chi connectivity index (χ0v) is 17.8. The largest absolute Gasteiger partial charge is 0.493 e. The molecule has 1 aromatic rings. The number of benzene rings is 1. The number of hydrogen-bond acceptors (Lipinski definition) is 4. The van der Waals surface area contributed by atoms with Crippen molar-refractivity contribution in [2.75, 3.05) is 26.3 Å². The van der Waals surface area contributed by atoms with E-state index in [1.54, 1.807) is 19.1 Å². The first kappa shape index (κ1) is 23.1. The average molecular weight is 435 g/mol. The van der Waals surface area contributed by atoms with E-state index < -0.39 is 6.09 Å². The summed E-state index contributed by atoms with van der Waals surface area (Å²) in [6, 6.07) is 4.60. The Hall–Kier alpha value is -2.61. The van der Waals surface area contributed by atoms with Crippen molar-refractivity contribution in [3.05, 3.63) is 35.7 Å². The van der Waals surface area contributed by atoms with Crippen molar-refractivity contribution in [2.24, 2.45) is 11.8 Å². The first-order chi connectivity index (χ1) is 14.9. The van der Waals surface area contributed by atoms with Crippen LogP contribution >= 0.6 is 0 Å². The zero-order valence-electron chi connectivity index (χ0n) is 17.8. The maximum absolute atomic E-state index is 14.7. The highest BCUT2D eigenvalue weighted by Crippen LogP contribution is 2.33. The average Bonchev–Trinajstić information content (AvgIpc) is 2.78. The predicted octanol–water partition coefficient (Wildman–Crippen LogP) is 3.28. The van der Waals surface area contributed by atoms with Gasteiger partial charge in [-0.25, -0.2) is 9.18 Å². The lowest BCUT2D eigenvalue weighted by molar-refractivity contribution is -0.126. The summed E-state index contributed by atoms with van der Waals surface area (Å²) in [7, 11) is 0. The van der Waals surface area contributed by atoms with Crippen molar-refractivity contribution < 1.29 is 28.9 Å². The molecule has 3 rings (SSSR count). The topological polar surface area (TPSA) is 99.1 Å². The Balaban J connectivity index is 1.52. The van der Waals surface area contributed by atoms with Crippen LogP contribution in [-0.4, -0.2) is 59.5 Å². The lowest BCUT2D eigenvalue weighted by Gasteiger charge is -2.29. The molecule has 7 nitrogen and oxygen atoms in total. The molecular formula is C23H31FN2O5. The number of amides is 2. The van der Waals surface area contributed by atoms with Gasteiger partial charge in [0.1, 0.15) is 11.6 Å². The van der Waals surface area contributed by atoms with Gasteiger partial charge in [-0.1, -0.05) is 6.08 Å². The number of carboxylic acid groups (broad SMARTS) is 1. The maximum Gasteiger partial charge on any atom is 0.407 e. The summed E-state index contributed by atoms with van der Waals surface area (Å²) >= 11 is 0. The van der Waals surface area contributed by atoms with Gasteiger partial charge in [0.25, 0.3) is 0 Å². The molecule has 1 aliphatic carbocycles. The van der Waals surface area contributed by atoms with Gasteiger partial charge in [-0.3, -0.25) is 4.79 Å². The van der Waals surface area contributed by atoms with Crippen molar-refractivity contribution in [1.82, 2.24) is 10.2 Å². The molecule has 1 aliphatic heterocycles. The van der Waals surface area contributed by atoms with Crippen LogP contribution in [0.15, 0.2) is 24.3 Å². The zero-order chi connectivity index (χ0) is 22.4. The van der Waals surface area contributed by atoms with Crippen LogP contribution < -0.4 is 10.1 Å². The smallest absolute Gasteiger partial charge is 0.407 e. The number of aliphatic hydroxyl groups is 1. The van der Waals surface area contributed by atoms with Crippen molar-refractivity contribution in [3.63, 3.8) is 0 Å². The van der Waals surface area contributed by atoms with Crippen LogP contribution in [0.5, 0.6) is 5.75 Å². The minimum Gasteiger partial charge on any atom is -0.493 e. The molecule has 1 heterocycles. The normalized spacial score (nSPS) is 20.7. The van der Waals surface area contributed by atoms with E-state index in [0.717, 1.165) is 18.4 Å². The second kappa shape index (κ2) is 10.6. The molecule has 3 N–H and O–H groups in total. The first-order valence-corrected chi connectivity index (χ1v) is 10.9. The molecule has 31 heavy (non-hydrogen) atoms. The number of allylic oxidation sites excluding steroid dienone is 2. The van der Waals surface area contributed by atoms with Crippen LogP contribution in [0.4, 0.5) is 9.18 Å². The second-order valence-corrected chi connectivity index (χ2v) is 8.46. The summed E-state index contributed by atoms with van der Waals surface area (Å²) in [4.78, 5) is 24.6. The summed E-state index contributed by atoms with van der Waals surface area (Å²) in [6.07, 6.45) is 4.32. The van der Waals surface area contributed by atoms with Crippen molar-refractivity contribution in [2.45, 2.75) is 45.1 Å². The van der Waals surface area contributed by atoms with Crippen molar-refractivity contribution in [1.29, 1.82) is 0 Å². The van der Waals surface area contributed by atoms with E-state index in [1.807, 2.05) is 6.08 Å². The Morgan fingerprint density at radius 2 is 2.03 bits per heavy atom. The molecule has 2 aliphatic rings. The predicted molar refractivity (Wildman–Crippen MR) is 114 cm³/mol. The molecule has 170 valence electrons. The fourth-order valence-corrected chi connectivity index (χ4v) is 4.07. The van der Waals surface area contributed by atoms with Gasteiger partial charge in [-0.05, 0) is 62.7 Å². The van der Waals surface area contributed by atoms with E-state index in [-0.39, 0.29) is 36.2 Å². The minimum atomic E-state index is -0.888. The standard InChI is InChI=1S/C23H31FN2O5/c1-15(13-27)25-22(28)18-4-2-17(3-5-18)20-7-6-19(12-21(20)24)31-14-16-8-10-26(11-9-16)23(29)30/h2,6-7,12,15-16,18,27H,3-5,8-11,13-14H2,1H3,(H,25,28)(H,29,30)/t15-,18?/m0/s1. The second-order valence-electron chi connectivity index (χ2n) is 8.46. The lowest BCUT2D eigenvalue weighted by atomic mass is 9.86. The molecular weight excluding hydrogens is 403 g/mol. The number of nitrogens with one attached hydrogen (secondary N) is 1. The summed E-state index contributed by atoms with van der Waals surface area (Å²) in [5.41, 5.74) is 1.43. The molecule has 8 heteroatoms. The Kier molecular flexibility index (Phi) is 7.90. The van der Waals surface area contributed by atoms with E-state index in [9.17, 15) is 14.0 Å². The molecule has 1 unspecified atom stereocenters. The number of nitrogens with zero attached hydrogens (tertiary/aromatic N) is 1. The third-order valence-electron chi connectivity index (χ3n) is 6.10. The molecule has 0 radical (unpaired) electrons. The van der Waals surface area contributed by atoms with Crippen LogP contribution in [0.1, 0.15) is 44.6 Å².